The molecule has 0 aliphatic rings. The summed E-state index contributed by atoms with van der Waals surface area (Å²) in [6.07, 6.45) is -9.66. The predicted octanol–water partition coefficient (Wildman–Crippen LogP) is 16.5. The van der Waals surface area contributed by atoms with Crippen LogP contribution >= 0.6 is 0 Å². The van der Waals surface area contributed by atoms with E-state index < -0.39 is 23.5 Å². The quantitative estimate of drug-likeness (QED) is 0.156. The van der Waals surface area contributed by atoms with E-state index in [-0.39, 0.29) is 50.2 Å². The third-order valence-electron chi connectivity index (χ3n) is 12.0. The highest BCUT2D eigenvalue weighted by atomic mass is 19.4. The van der Waals surface area contributed by atoms with Crippen molar-refractivity contribution < 1.29 is 26.3 Å². The Labute approximate surface area is 374 Å². The van der Waals surface area contributed by atoms with Crippen LogP contribution in [0.3, 0.4) is 0 Å². The zero-order valence-electron chi connectivity index (χ0n) is 36.7. The van der Waals surface area contributed by atoms with Gasteiger partial charge < -0.3 is 4.57 Å². The highest BCUT2D eigenvalue weighted by molar-refractivity contribution is 6.11. The predicted molar refractivity (Wildman–Crippen MR) is 251 cm³/mol. The fourth-order valence-electron chi connectivity index (χ4n) is 8.63. The molecule has 0 fully saturated rings. The summed E-state index contributed by atoms with van der Waals surface area (Å²) >= 11 is 0. The van der Waals surface area contributed by atoms with Gasteiger partial charge in [-0.1, -0.05) is 151 Å². The van der Waals surface area contributed by atoms with E-state index in [1.807, 2.05) is 95.6 Å². The van der Waals surface area contributed by atoms with Crippen molar-refractivity contribution in [3.8, 4) is 61.8 Å². The lowest BCUT2D eigenvalue weighted by molar-refractivity contribution is -0.137. The van der Waals surface area contributed by atoms with Crippen molar-refractivity contribution in [2.75, 3.05) is 0 Å². The lowest BCUT2D eigenvalue weighted by atomic mass is 9.85. The summed E-state index contributed by atoms with van der Waals surface area (Å²) < 4.78 is 94.2. The lowest BCUT2D eigenvalue weighted by Gasteiger charge is -2.24. The number of alkyl halides is 6. The number of halogens is 6. The molecule has 0 amide bonds. The van der Waals surface area contributed by atoms with E-state index in [1.165, 1.54) is 36.4 Å². The minimum Gasteiger partial charge on any atom is -0.308 e. The molecule has 0 aliphatic carbocycles. The van der Waals surface area contributed by atoms with E-state index in [4.69, 9.17) is 9.97 Å². The zero-order chi connectivity index (χ0) is 46.1. The van der Waals surface area contributed by atoms with Crippen LogP contribution < -0.4 is 0 Å². The maximum absolute atomic E-state index is 15.4. The second-order valence-corrected chi connectivity index (χ2v) is 18.5. The molecule has 0 radical (unpaired) electrons. The average Bonchev–Trinajstić information content (AvgIpc) is 3.60. The molecule has 0 atom stereocenters. The summed E-state index contributed by atoms with van der Waals surface area (Å²) in [4.78, 5) is 10.0. The van der Waals surface area contributed by atoms with Crippen LogP contribution in [0.4, 0.5) is 26.3 Å². The van der Waals surface area contributed by atoms with Gasteiger partial charge in [-0.3, -0.25) is 0 Å². The summed E-state index contributed by atoms with van der Waals surface area (Å²) in [5.41, 5.74) is 3.49. The molecule has 0 N–H and O–H groups in total. The first kappa shape index (κ1) is 43.3. The Kier molecular flexibility index (Phi) is 10.6. The summed E-state index contributed by atoms with van der Waals surface area (Å²) in [5, 5.41) is 1.64. The van der Waals surface area contributed by atoms with Crippen molar-refractivity contribution in [1.29, 1.82) is 0 Å². The van der Waals surface area contributed by atoms with Gasteiger partial charge in [0, 0.05) is 38.6 Å². The smallest absolute Gasteiger partial charge is 0.308 e. The van der Waals surface area contributed by atoms with Gasteiger partial charge in [0.05, 0.1) is 39.2 Å². The molecule has 326 valence electrons. The van der Waals surface area contributed by atoms with Gasteiger partial charge in [-0.05, 0) is 87.7 Å². The molecular formula is C56H45F6N3. The van der Waals surface area contributed by atoms with Crippen molar-refractivity contribution >= 4 is 21.8 Å². The van der Waals surface area contributed by atoms with Gasteiger partial charge in [-0.25, -0.2) is 9.97 Å². The van der Waals surface area contributed by atoms with Crippen molar-refractivity contribution in [1.82, 2.24) is 14.5 Å². The third-order valence-corrected chi connectivity index (χ3v) is 12.0. The number of nitrogens with zero attached hydrogens (tertiary/aromatic N) is 3. The van der Waals surface area contributed by atoms with Crippen molar-refractivity contribution in [3.63, 3.8) is 0 Å². The molecule has 9 rings (SSSR count). The summed E-state index contributed by atoms with van der Waals surface area (Å²) in [7, 11) is 0. The van der Waals surface area contributed by atoms with Gasteiger partial charge >= 0.3 is 12.4 Å². The monoisotopic (exact) mass is 873 g/mol. The molecule has 0 bridgehead atoms. The van der Waals surface area contributed by atoms with Crippen LogP contribution in [0.1, 0.15) is 63.8 Å². The van der Waals surface area contributed by atoms with Gasteiger partial charge in [0.15, 0.2) is 5.82 Å². The minimum absolute atomic E-state index is 0.0518. The van der Waals surface area contributed by atoms with E-state index in [0.29, 0.717) is 22.4 Å². The molecule has 65 heavy (non-hydrogen) atoms. The molecule has 0 saturated carbocycles. The van der Waals surface area contributed by atoms with Crippen molar-refractivity contribution in [2.24, 2.45) is 0 Å². The van der Waals surface area contributed by atoms with Crippen LogP contribution in [0.25, 0.3) is 83.6 Å². The van der Waals surface area contributed by atoms with Gasteiger partial charge in [-0.2, -0.15) is 26.3 Å². The van der Waals surface area contributed by atoms with Gasteiger partial charge in [0.1, 0.15) is 0 Å². The van der Waals surface area contributed by atoms with Crippen LogP contribution in [0, 0.1) is 0 Å². The second-order valence-electron chi connectivity index (χ2n) is 18.5. The maximum atomic E-state index is 15.4. The van der Waals surface area contributed by atoms with Crippen molar-refractivity contribution in [2.45, 2.75) is 64.7 Å². The van der Waals surface area contributed by atoms with Crippen LogP contribution in [-0.2, 0) is 23.2 Å². The number of aromatic nitrogens is 3. The third kappa shape index (κ3) is 8.20. The Morgan fingerprint density at radius 1 is 0.385 bits per heavy atom. The average molecular weight is 874 g/mol. The number of rotatable bonds is 6. The highest BCUT2D eigenvalue weighted by Crippen LogP contribution is 2.49. The molecule has 3 nitrogen and oxygen atoms in total. The van der Waals surface area contributed by atoms with E-state index in [1.54, 1.807) is 12.1 Å². The second kappa shape index (κ2) is 15.9. The standard InChI is InChI=1S/C56H45F6N3/c1-53(2,3)37-25-27-49-41(31-37)42-32-38(54(4,5)6)26-28-50(42)65(49)51-43(39-21-13-15-23-45(39)55(57,58)59)29-36(30-44(51)40-22-14-16-24-46(40)56(60,61)62)52-63-47(34-17-9-7-10-18-34)33-48(64-52)35-19-11-8-12-20-35/h7-33H,1-6H3. The first-order chi connectivity index (χ1) is 30.8. The van der Waals surface area contributed by atoms with Gasteiger partial charge in [-0.15, -0.1) is 0 Å². The van der Waals surface area contributed by atoms with E-state index in [2.05, 4.69) is 53.7 Å². The number of fused-ring (bicyclic) bond motifs is 3. The highest BCUT2D eigenvalue weighted by Gasteiger charge is 2.37. The summed E-state index contributed by atoms with van der Waals surface area (Å²) in [5.74, 6) is 0.125. The normalized spacial score (nSPS) is 12.6. The van der Waals surface area contributed by atoms with Crippen LogP contribution in [0.15, 0.2) is 164 Å². The first-order valence-corrected chi connectivity index (χ1v) is 21.4. The zero-order valence-corrected chi connectivity index (χ0v) is 36.7. The number of benzene rings is 7. The van der Waals surface area contributed by atoms with Gasteiger partial charge in [0.25, 0.3) is 0 Å². The fourth-order valence-corrected chi connectivity index (χ4v) is 8.63. The SMILES string of the molecule is CC(C)(C)c1ccc2c(c1)c1cc(C(C)(C)C)ccc1n2-c1c(-c2ccccc2C(F)(F)F)cc(-c2nc(-c3ccccc3)cc(-c3ccccc3)n2)cc1-c1ccccc1C(F)(F)F. The van der Waals surface area contributed by atoms with Crippen LogP contribution in [-0.4, -0.2) is 14.5 Å². The molecule has 0 aliphatic heterocycles. The topological polar surface area (TPSA) is 30.7 Å². The first-order valence-electron chi connectivity index (χ1n) is 21.4. The number of hydrogen-bond donors (Lipinski definition) is 0. The lowest BCUT2D eigenvalue weighted by Crippen LogP contribution is -2.12. The van der Waals surface area contributed by atoms with Gasteiger partial charge in [0.2, 0.25) is 0 Å². The van der Waals surface area contributed by atoms with E-state index in [9.17, 15) is 0 Å². The van der Waals surface area contributed by atoms with Crippen LogP contribution in [0.5, 0.6) is 0 Å². The molecule has 0 spiro atoms. The molecule has 2 heterocycles. The molecule has 9 heteroatoms. The Hall–Kier alpha value is -7.00. The van der Waals surface area contributed by atoms with E-state index in [0.717, 1.165) is 45.2 Å². The summed E-state index contributed by atoms with van der Waals surface area (Å²) in [6, 6.07) is 46.2. The minimum atomic E-state index is -4.83. The van der Waals surface area contributed by atoms with Crippen molar-refractivity contribution in [3.05, 3.63) is 186 Å². The van der Waals surface area contributed by atoms with Crippen LogP contribution in [0.2, 0.25) is 0 Å². The number of hydrogen-bond acceptors (Lipinski definition) is 2. The molecule has 2 aromatic heterocycles. The maximum Gasteiger partial charge on any atom is 0.417 e. The summed E-state index contributed by atoms with van der Waals surface area (Å²) in [6.45, 7) is 12.6. The Bertz CT molecular complexity index is 3030. The fraction of sp³-hybridized carbons (Fsp3) is 0.179. The molecule has 0 unspecified atom stereocenters. The molecule has 7 aromatic carbocycles. The molecule has 0 saturated heterocycles. The molecule has 9 aromatic rings. The Morgan fingerprint density at radius 2 is 0.769 bits per heavy atom. The molecular weight excluding hydrogens is 829 g/mol. The largest absolute Gasteiger partial charge is 0.417 e. The Morgan fingerprint density at radius 3 is 1.15 bits per heavy atom. The Balaban J connectivity index is 1.50. The van der Waals surface area contributed by atoms with E-state index >= 15 is 26.3 Å².